The van der Waals surface area contributed by atoms with Crippen LogP contribution in [0.5, 0.6) is 0 Å². The fourth-order valence-corrected chi connectivity index (χ4v) is 2.18. The Morgan fingerprint density at radius 2 is 2.00 bits per heavy atom. The summed E-state index contributed by atoms with van der Waals surface area (Å²) < 4.78 is 0. The Morgan fingerprint density at radius 3 is 2.71 bits per heavy atom. The van der Waals surface area contributed by atoms with Crippen molar-refractivity contribution in [3.05, 3.63) is 11.1 Å². The van der Waals surface area contributed by atoms with E-state index in [1.807, 2.05) is 13.8 Å². The Balaban J connectivity index is 0.000000461. The molecule has 1 heterocycles. The van der Waals surface area contributed by atoms with Crippen molar-refractivity contribution in [1.82, 2.24) is 0 Å². The fourth-order valence-electron chi connectivity index (χ4n) is 2.18. The molecule has 1 aliphatic carbocycles. The van der Waals surface area contributed by atoms with Crippen molar-refractivity contribution in [3.63, 3.8) is 0 Å². The quantitative estimate of drug-likeness (QED) is 0.632. The first kappa shape index (κ1) is 11.3. The Kier molecular flexibility index (Phi) is 4.18. The molecular formula is C12H22N2. The van der Waals surface area contributed by atoms with Gasteiger partial charge in [0, 0.05) is 6.54 Å². The number of aliphatic imine (C=N–C) groups is 1. The lowest BCUT2D eigenvalue weighted by Crippen LogP contribution is -2.24. The maximum atomic E-state index is 5.83. The molecule has 0 aromatic heterocycles. The molecule has 0 amide bonds. The van der Waals surface area contributed by atoms with Gasteiger partial charge in [-0.25, -0.2) is 0 Å². The number of amidine groups is 1. The number of dihydropyridines is 1. The number of rotatable bonds is 0. The van der Waals surface area contributed by atoms with E-state index in [4.69, 9.17) is 5.73 Å². The van der Waals surface area contributed by atoms with Gasteiger partial charge in [0.1, 0.15) is 5.84 Å². The lowest BCUT2D eigenvalue weighted by atomic mass is 9.82. The molecule has 2 N–H and O–H groups in total. The van der Waals surface area contributed by atoms with Crippen molar-refractivity contribution in [2.45, 2.75) is 46.5 Å². The third-order valence-electron chi connectivity index (χ3n) is 2.91. The van der Waals surface area contributed by atoms with E-state index in [-0.39, 0.29) is 0 Å². The van der Waals surface area contributed by atoms with E-state index in [0.717, 1.165) is 31.1 Å². The minimum Gasteiger partial charge on any atom is -0.384 e. The van der Waals surface area contributed by atoms with Gasteiger partial charge in [-0.2, -0.15) is 0 Å². The van der Waals surface area contributed by atoms with Crippen LogP contribution in [-0.2, 0) is 0 Å². The first-order valence-corrected chi connectivity index (χ1v) is 5.78. The smallest absolute Gasteiger partial charge is 0.121 e. The van der Waals surface area contributed by atoms with E-state index in [1.54, 1.807) is 5.57 Å². The molecule has 2 aliphatic rings. The molecule has 1 unspecified atom stereocenters. The summed E-state index contributed by atoms with van der Waals surface area (Å²) in [6.45, 7) is 7.24. The molecule has 1 atom stereocenters. The van der Waals surface area contributed by atoms with Crippen LogP contribution in [0.1, 0.15) is 46.5 Å². The Hall–Kier alpha value is -0.790. The van der Waals surface area contributed by atoms with Gasteiger partial charge in [0.05, 0.1) is 0 Å². The molecule has 0 saturated carbocycles. The van der Waals surface area contributed by atoms with Gasteiger partial charge < -0.3 is 5.73 Å². The van der Waals surface area contributed by atoms with Crippen molar-refractivity contribution in [3.8, 4) is 0 Å². The van der Waals surface area contributed by atoms with Gasteiger partial charge in [-0.15, -0.1) is 0 Å². The highest BCUT2D eigenvalue weighted by atomic mass is 14.9. The number of nitrogens with two attached hydrogens (primary N) is 1. The third kappa shape index (κ3) is 2.37. The molecule has 2 rings (SSSR count). The summed E-state index contributed by atoms with van der Waals surface area (Å²) in [5, 5.41) is 0. The molecule has 0 radical (unpaired) electrons. The minimum atomic E-state index is 0.822. The maximum absolute atomic E-state index is 5.83. The monoisotopic (exact) mass is 194 g/mol. The third-order valence-corrected chi connectivity index (χ3v) is 2.91. The molecule has 0 spiro atoms. The summed E-state index contributed by atoms with van der Waals surface area (Å²) in [5.41, 5.74) is 8.79. The summed E-state index contributed by atoms with van der Waals surface area (Å²) >= 11 is 0. The first-order chi connectivity index (χ1) is 6.77. The summed E-state index contributed by atoms with van der Waals surface area (Å²) in [6, 6.07) is 0. The predicted octanol–water partition coefficient (Wildman–Crippen LogP) is 2.89. The molecule has 0 bridgehead atoms. The topological polar surface area (TPSA) is 38.4 Å². The average Bonchev–Trinajstić information content (AvgIpc) is 2.21. The van der Waals surface area contributed by atoms with E-state index in [9.17, 15) is 0 Å². The number of hydrogen-bond acceptors (Lipinski definition) is 2. The van der Waals surface area contributed by atoms with Gasteiger partial charge >= 0.3 is 0 Å². The largest absolute Gasteiger partial charge is 0.384 e. The number of hydrogen-bond donors (Lipinski definition) is 1. The standard InChI is InChI=1S/C10H16N2.C2H6/c1-7-2-3-9-8(6-7)4-5-12-10(9)11;1-2/h7H,2-6H2,1H3,(H2,11,12);1-2H3. The van der Waals surface area contributed by atoms with Gasteiger partial charge in [-0.3, -0.25) is 4.99 Å². The molecule has 1 aliphatic heterocycles. The van der Waals surface area contributed by atoms with Gasteiger partial charge in [0.25, 0.3) is 0 Å². The van der Waals surface area contributed by atoms with Crippen LogP contribution < -0.4 is 5.73 Å². The van der Waals surface area contributed by atoms with Crippen molar-refractivity contribution < 1.29 is 0 Å². The summed E-state index contributed by atoms with van der Waals surface area (Å²) in [6.07, 6.45) is 4.85. The van der Waals surface area contributed by atoms with Gasteiger partial charge in [0.15, 0.2) is 0 Å². The van der Waals surface area contributed by atoms with Crippen LogP contribution in [0.2, 0.25) is 0 Å². The van der Waals surface area contributed by atoms with Gasteiger partial charge in [-0.05, 0) is 37.2 Å². The highest BCUT2D eigenvalue weighted by Crippen LogP contribution is 2.32. The van der Waals surface area contributed by atoms with Crippen LogP contribution in [0.25, 0.3) is 0 Å². The second-order valence-electron chi connectivity index (χ2n) is 3.95. The summed E-state index contributed by atoms with van der Waals surface area (Å²) in [5.74, 6) is 1.68. The van der Waals surface area contributed by atoms with Crippen molar-refractivity contribution in [2.24, 2.45) is 16.6 Å². The Morgan fingerprint density at radius 1 is 1.29 bits per heavy atom. The van der Waals surface area contributed by atoms with Gasteiger partial charge in [0.2, 0.25) is 0 Å². The van der Waals surface area contributed by atoms with Crippen molar-refractivity contribution >= 4 is 5.84 Å². The normalized spacial score (nSPS) is 25.9. The molecule has 0 saturated heterocycles. The molecule has 0 aromatic rings. The molecule has 14 heavy (non-hydrogen) atoms. The van der Waals surface area contributed by atoms with E-state index in [2.05, 4.69) is 11.9 Å². The predicted molar refractivity (Wildman–Crippen MR) is 62.5 cm³/mol. The Bertz CT molecular complexity index is 251. The van der Waals surface area contributed by atoms with Crippen molar-refractivity contribution in [1.29, 1.82) is 0 Å². The molecule has 2 heteroatoms. The average molecular weight is 194 g/mol. The first-order valence-electron chi connectivity index (χ1n) is 5.78. The lowest BCUT2D eigenvalue weighted by molar-refractivity contribution is 0.490. The zero-order chi connectivity index (χ0) is 10.6. The summed E-state index contributed by atoms with van der Waals surface area (Å²) in [7, 11) is 0. The number of nitrogens with zero attached hydrogens (tertiary/aromatic N) is 1. The van der Waals surface area contributed by atoms with E-state index in [0.29, 0.717) is 0 Å². The molecular weight excluding hydrogens is 172 g/mol. The van der Waals surface area contributed by atoms with Crippen LogP contribution in [0, 0.1) is 5.92 Å². The van der Waals surface area contributed by atoms with Crippen LogP contribution in [0.15, 0.2) is 16.1 Å². The maximum Gasteiger partial charge on any atom is 0.121 e. The Labute approximate surface area is 87.3 Å². The van der Waals surface area contributed by atoms with E-state index < -0.39 is 0 Å². The van der Waals surface area contributed by atoms with Crippen molar-refractivity contribution in [2.75, 3.05) is 6.54 Å². The second-order valence-corrected chi connectivity index (χ2v) is 3.95. The SMILES string of the molecule is CC.CC1CCC2=C(CCN=C2N)C1. The van der Waals surface area contributed by atoms with E-state index in [1.165, 1.54) is 18.4 Å². The molecule has 80 valence electrons. The summed E-state index contributed by atoms with van der Waals surface area (Å²) in [4.78, 5) is 4.28. The second kappa shape index (κ2) is 5.18. The minimum absolute atomic E-state index is 0.822. The highest BCUT2D eigenvalue weighted by Gasteiger charge is 2.21. The van der Waals surface area contributed by atoms with Crippen LogP contribution in [0.4, 0.5) is 0 Å². The zero-order valence-electron chi connectivity index (χ0n) is 9.64. The lowest BCUT2D eigenvalue weighted by Gasteiger charge is -2.27. The molecule has 0 fully saturated rings. The molecule has 0 aromatic carbocycles. The fraction of sp³-hybridized carbons (Fsp3) is 0.750. The molecule has 2 nitrogen and oxygen atoms in total. The van der Waals surface area contributed by atoms with Crippen LogP contribution >= 0.6 is 0 Å². The van der Waals surface area contributed by atoms with Crippen LogP contribution in [0.3, 0.4) is 0 Å². The highest BCUT2D eigenvalue weighted by molar-refractivity contribution is 5.98. The van der Waals surface area contributed by atoms with Gasteiger partial charge in [-0.1, -0.05) is 26.3 Å². The zero-order valence-corrected chi connectivity index (χ0v) is 9.64. The van der Waals surface area contributed by atoms with E-state index >= 15 is 0 Å². The van der Waals surface area contributed by atoms with Crippen LogP contribution in [-0.4, -0.2) is 12.4 Å².